The molecule has 0 aromatic heterocycles. The van der Waals surface area contributed by atoms with Gasteiger partial charge in [-0.05, 0) is 37.5 Å². The van der Waals surface area contributed by atoms with Gasteiger partial charge in [-0.2, -0.15) is 0 Å². The molecule has 2 atom stereocenters. The third-order valence-corrected chi connectivity index (χ3v) is 4.56. The van der Waals surface area contributed by atoms with E-state index in [1.54, 1.807) is 0 Å². The predicted molar refractivity (Wildman–Crippen MR) is 59.3 cm³/mol. The van der Waals surface area contributed by atoms with Gasteiger partial charge in [0.2, 0.25) is 0 Å². The summed E-state index contributed by atoms with van der Waals surface area (Å²) >= 11 is 0. The Morgan fingerprint density at radius 1 is 1.60 bits per heavy atom. The summed E-state index contributed by atoms with van der Waals surface area (Å²) in [6.45, 7) is 10.9. The largest absolute Gasteiger partial charge is 0.465 e. The van der Waals surface area contributed by atoms with Crippen LogP contribution in [0.3, 0.4) is 0 Å². The highest BCUT2D eigenvalue weighted by molar-refractivity contribution is 5.82. The summed E-state index contributed by atoms with van der Waals surface area (Å²) in [5.41, 5.74) is 0.875. The zero-order chi connectivity index (χ0) is 11.3. The molecule has 2 heteroatoms. The van der Waals surface area contributed by atoms with Crippen molar-refractivity contribution in [1.29, 1.82) is 0 Å². The minimum Gasteiger partial charge on any atom is -0.465 e. The molecule has 0 heterocycles. The van der Waals surface area contributed by atoms with E-state index < -0.39 is 0 Å². The van der Waals surface area contributed by atoms with Crippen molar-refractivity contribution in [2.75, 3.05) is 6.61 Å². The Hall–Kier alpha value is -0.790. The lowest BCUT2D eigenvalue weighted by atomic mass is 9.68. The average molecular weight is 208 g/mol. The lowest BCUT2D eigenvalue weighted by molar-refractivity contribution is -0.152. The van der Waals surface area contributed by atoms with Gasteiger partial charge in [-0.25, -0.2) is 0 Å². The number of fused-ring (bicyclic) bond motifs is 2. The standard InChI is InChI=1S/C13H20O2/c1-5-15-11(14)13-7-6-10(8-13)12(3,4)9(13)2/h10H,2,5-8H2,1,3-4H3. The number of esters is 1. The first-order valence-corrected chi connectivity index (χ1v) is 5.82. The molecule has 2 rings (SSSR count). The van der Waals surface area contributed by atoms with Crippen LogP contribution in [-0.4, -0.2) is 12.6 Å². The molecule has 0 saturated heterocycles. The second-order valence-corrected chi connectivity index (χ2v) is 5.44. The molecular formula is C13H20O2. The van der Waals surface area contributed by atoms with Crippen LogP contribution in [0.15, 0.2) is 12.2 Å². The molecule has 0 aliphatic heterocycles. The highest BCUT2D eigenvalue weighted by Gasteiger charge is 2.61. The maximum atomic E-state index is 12.0. The Kier molecular flexibility index (Phi) is 2.21. The number of hydrogen-bond donors (Lipinski definition) is 0. The summed E-state index contributed by atoms with van der Waals surface area (Å²) in [5, 5.41) is 0. The summed E-state index contributed by atoms with van der Waals surface area (Å²) in [6.07, 6.45) is 3.04. The molecule has 2 nitrogen and oxygen atoms in total. The lowest BCUT2D eigenvalue weighted by Crippen LogP contribution is -2.34. The van der Waals surface area contributed by atoms with Gasteiger partial charge >= 0.3 is 5.97 Å². The van der Waals surface area contributed by atoms with Gasteiger partial charge in [-0.1, -0.05) is 26.0 Å². The molecule has 0 N–H and O–H groups in total. The number of carbonyl (C=O) groups is 1. The van der Waals surface area contributed by atoms with Crippen LogP contribution in [0, 0.1) is 16.7 Å². The molecule has 2 saturated carbocycles. The second kappa shape index (κ2) is 3.10. The smallest absolute Gasteiger partial charge is 0.316 e. The number of carbonyl (C=O) groups excluding carboxylic acids is 1. The molecular weight excluding hydrogens is 188 g/mol. The van der Waals surface area contributed by atoms with Crippen molar-refractivity contribution in [3.8, 4) is 0 Å². The lowest BCUT2D eigenvalue weighted by Gasteiger charge is -2.36. The van der Waals surface area contributed by atoms with Crippen LogP contribution in [0.4, 0.5) is 0 Å². The van der Waals surface area contributed by atoms with E-state index in [2.05, 4.69) is 20.4 Å². The third-order valence-electron chi connectivity index (χ3n) is 4.56. The Balaban J connectivity index is 2.31. The molecule has 84 valence electrons. The molecule has 2 unspecified atom stereocenters. The van der Waals surface area contributed by atoms with E-state index in [-0.39, 0.29) is 16.8 Å². The van der Waals surface area contributed by atoms with Crippen molar-refractivity contribution in [3.05, 3.63) is 12.2 Å². The molecule has 0 radical (unpaired) electrons. The number of hydrogen-bond acceptors (Lipinski definition) is 2. The Morgan fingerprint density at radius 2 is 2.27 bits per heavy atom. The molecule has 0 aromatic rings. The van der Waals surface area contributed by atoms with Crippen LogP contribution in [0.2, 0.25) is 0 Å². The van der Waals surface area contributed by atoms with Crippen molar-refractivity contribution in [2.45, 2.75) is 40.0 Å². The average Bonchev–Trinajstić information content (AvgIpc) is 2.68. The first kappa shape index (κ1) is 10.7. The van der Waals surface area contributed by atoms with Gasteiger partial charge in [0.25, 0.3) is 0 Å². The normalized spacial score (nSPS) is 37.0. The number of ether oxygens (including phenoxy) is 1. The van der Waals surface area contributed by atoms with Gasteiger partial charge in [-0.3, -0.25) is 4.79 Å². The molecule has 2 bridgehead atoms. The van der Waals surface area contributed by atoms with Crippen LogP contribution in [0.1, 0.15) is 40.0 Å². The van der Waals surface area contributed by atoms with Crippen molar-refractivity contribution in [3.63, 3.8) is 0 Å². The minimum atomic E-state index is -0.343. The summed E-state index contributed by atoms with van der Waals surface area (Å²) in [4.78, 5) is 12.0. The summed E-state index contributed by atoms with van der Waals surface area (Å²) < 4.78 is 5.21. The van der Waals surface area contributed by atoms with Crippen LogP contribution in [0.5, 0.6) is 0 Å². The summed E-state index contributed by atoms with van der Waals surface area (Å²) in [6, 6.07) is 0. The number of rotatable bonds is 2. The van der Waals surface area contributed by atoms with Gasteiger partial charge < -0.3 is 4.74 Å². The Bertz CT molecular complexity index is 316. The van der Waals surface area contributed by atoms with Gasteiger partial charge in [0.15, 0.2) is 0 Å². The van der Waals surface area contributed by atoms with E-state index in [0.717, 1.165) is 24.8 Å². The molecule has 0 aromatic carbocycles. The molecule has 0 amide bonds. The van der Waals surface area contributed by atoms with Gasteiger partial charge in [0, 0.05) is 0 Å². The zero-order valence-electron chi connectivity index (χ0n) is 9.93. The van der Waals surface area contributed by atoms with Crippen molar-refractivity contribution < 1.29 is 9.53 Å². The van der Waals surface area contributed by atoms with Crippen molar-refractivity contribution in [1.82, 2.24) is 0 Å². The Morgan fingerprint density at radius 3 is 2.73 bits per heavy atom. The molecule has 15 heavy (non-hydrogen) atoms. The quantitative estimate of drug-likeness (QED) is 0.515. The second-order valence-electron chi connectivity index (χ2n) is 5.44. The summed E-state index contributed by atoms with van der Waals surface area (Å²) in [7, 11) is 0. The topological polar surface area (TPSA) is 26.3 Å². The highest BCUT2D eigenvalue weighted by atomic mass is 16.5. The monoisotopic (exact) mass is 208 g/mol. The molecule has 2 aliphatic rings. The third kappa shape index (κ3) is 1.20. The van der Waals surface area contributed by atoms with Crippen LogP contribution in [-0.2, 0) is 9.53 Å². The molecule has 2 aliphatic carbocycles. The zero-order valence-corrected chi connectivity index (χ0v) is 9.93. The van der Waals surface area contributed by atoms with Crippen LogP contribution in [0.25, 0.3) is 0 Å². The van der Waals surface area contributed by atoms with E-state index in [4.69, 9.17) is 4.74 Å². The maximum Gasteiger partial charge on any atom is 0.316 e. The van der Waals surface area contributed by atoms with E-state index >= 15 is 0 Å². The van der Waals surface area contributed by atoms with Gasteiger partial charge in [0.1, 0.15) is 0 Å². The highest BCUT2D eigenvalue weighted by Crippen LogP contribution is 2.65. The van der Waals surface area contributed by atoms with Crippen LogP contribution >= 0.6 is 0 Å². The fourth-order valence-electron chi connectivity index (χ4n) is 3.38. The summed E-state index contributed by atoms with van der Waals surface area (Å²) in [5.74, 6) is 0.581. The van der Waals surface area contributed by atoms with E-state index in [1.807, 2.05) is 6.92 Å². The first-order valence-electron chi connectivity index (χ1n) is 5.82. The van der Waals surface area contributed by atoms with Crippen molar-refractivity contribution >= 4 is 5.97 Å². The Labute approximate surface area is 91.7 Å². The molecule has 2 fully saturated rings. The molecule has 0 spiro atoms. The van der Waals surface area contributed by atoms with E-state index in [9.17, 15) is 4.79 Å². The van der Waals surface area contributed by atoms with Crippen molar-refractivity contribution in [2.24, 2.45) is 16.7 Å². The SMILES string of the molecule is C=C1C2(C(=O)OCC)CCC(C2)C1(C)C. The maximum absolute atomic E-state index is 12.0. The van der Waals surface area contributed by atoms with Crippen LogP contribution < -0.4 is 0 Å². The van der Waals surface area contributed by atoms with E-state index in [1.165, 1.54) is 0 Å². The van der Waals surface area contributed by atoms with Gasteiger partial charge in [-0.15, -0.1) is 0 Å². The van der Waals surface area contributed by atoms with E-state index in [0.29, 0.717) is 12.5 Å². The predicted octanol–water partition coefficient (Wildman–Crippen LogP) is 2.93. The fourth-order valence-corrected chi connectivity index (χ4v) is 3.38. The van der Waals surface area contributed by atoms with Gasteiger partial charge in [0.05, 0.1) is 12.0 Å². The first-order chi connectivity index (χ1) is 6.95. The fraction of sp³-hybridized carbons (Fsp3) is 0.769. The minimum absolute atomic E-state index is 0.0388.